The number of fused-ring (bicyclic) bond motifs is 1. The molecule has 3 rings (SSSR count). The van der Waals surface area contributed by atoms with Crippen LogP contribution in [-0.2, 0) is 11.5 Å². The maximum Gasteiger partial charge on any atom is 0.166 e. The molecule has 0 N–H and O–H groups in total. The van der Waals surface area contributed by atoms with Crippen molar-refractivity contribution >= 4 is 65.7 Å². The number of benzene rings is 1. The van der Waals surface area contributed by atoms with E-state index in [0.717, 1.165) is 16.3 Å². The number of pyridine rings is 1. The Labute approximate surface area is 190 Å². The highest BCUT2D eigenvalue weighted by Crippen LogP contribution is 2.42. The molecule has 3 aromatic rings. The molecule has 0 amide bonds. The van der Waals surface area contributed by atoms with E-state index in [0.29, 0.717) is 38.2 Å². The zero-order chi connectivity index (χ0) is 21.2. The Bertz CT molecular complexity index is 1020. The second kappa shape index (κ2) is 9.45. The average molecular weight is 491 g/mol. The Hall–Kier alpha value is -0.963. The third-order valence-electron chi connectivity index (χ3n) is 4.16. The average Bonchev–Trinajstić information content (AvgIpc) is 2.98. The van der Waals surface area contributed by atoms with Gasteiger partial charge in [0.05, 0.1) is 22.5 Å². The highest BCUT2D eigenvalue weighted by Gasteiger charge is 2.20. The van der Waals surface area contributed by atoms with Crippen LogP contribution in [0.2, 0.25) is 40.9 Å². The predicted octanol–water partition coefficient (Wildman–Crippen LogP) is 6.86. The summed E-state index contributed by atoms with van der Waals surface area (Å²) in [6, 6.07) is 8.24. The second-order valence-corrected chi connectivity index (χ2v) is 15.5. The van der Waals surface area contributed by atoms with Crippen molar-refractivity contribution < 1.29 is 9.47 Å². The summed E-state index contributed by atoms with van der Waals surface area (Å²) in [5.41, 5.74) is 0.600. The van der Waals surface area contributed by atoms with Crippen LogP contribution in [0.25, 0.3) is 11.0 Å². The van der Waals surface area contributed by atoms with Crippen LogP contribution in [-0.4, -0.2) is 36.6 Å². The molecule has 5 nitrogen and oxygen atoms in total. The lowest BCUT2D eigenvalue weighted by atomic mass is 10.3. The molecule has 0 bridgehead atoms. The lowest BCUT2D eigenvalue weighted by molar-refractivity contribution is 0.0804. The van der Waals surface area contributed by atoms with Crippen LogP contribution >= 0.6 is 46.6 Å². The molecule has 10 heteroatoms. The van der Waals surface area contributed by atoms with Crippen LogP contribution in [0.3, 0.4) is 0 Å². The summed E-state index contributed by atoms with van der Waals surface area (Å²) in [7, 11) is 0.418. The van der Waals surface area contributed by atoms with Crippen molar-refractivity contribution in [2.24, 2.45) is 0 Å². The first-order chi connectivity index (χ1) is 13.7. The van der Waals surface area contributed by atoms with Crippen molar-refractivity contribution in [2.75, 3.05) is 13.7 Å². The first-order valence-corrected chi connectivity index (χ1v) is 14.7. The van der Waals surface area contributed by atoms with E-state index in [1.54, 1.807) is 23.9 Å². The van der Waals surface area contributed by atoms with Gasteiger partial charge in [-0.2, -0.15) is 5.10 Å². The first-order valence-electron chi connectivity index (χ1n) is 9.00. The van der Waals surface area contributed by atoms with Crippen molar-refractivity contribution in [3.63, 3.8) is 0 Å². The van der Waals surface area contributed by atoms with Crippen LogP contribution in [0.1, 0.15) is 0 Å². The van der Waals surface area contributed by atoms with E-state index in [1.807, 2.05) is 12.1 Å². The normalized spacial score (nSPS) is 12.0. The lowest BCUT2D eigenvalue weighted by Gasteiger charge is -2.15. The second-order valence-electron chi connectivity index (χ2n) is 7.65. The topological polar surface area (TPSA) is 49.2 Å². The minimum Gasteiger partial charge on any atom is -0.496 e. The molecule has 29 heavy (non-hydrogen) atoms. The summed E-state index contributed by atoms with van der Waals surface area (Å²) < 4.78 is 13.1. The molecule has 0 aliphatic carbocycles. The molecule has 0 radical (unpaired) electrons. The van der Waals surface area contributed by atoms with Gasteiger partial charge in [-0.1, -0.05) is 72.3 Å². The van der Waals surface area contributed by atoms with Gasteiger partial charge in [-0.05, 0) is 18.2 Å². The largest absolute Gasteiger partial charge is 0.496 e. The van der Waals surface area contributed by atoms with Gasteiger partial charge < -0.3 is 9.47 Å². The molecular weight excluding hydrogens is 469 g/mol. The fraction of sp³-hybridized carbons (Fsp3) is 0.368. The number of aromatic nitrogens is 3. The maximum absolute atomic E-state index is 6.37. The van der Waals surface area contributed by atoms with E-state index in [1.165, 1.54) is 11.8 Å². The maximum atomic E-state index is 6.37. The number of ether oxygens (including phenoxy) is 2. The summed E-state index contributed by atoms with van der Waals surface area (Å²) >= 11 is 20.1. The third-order valence-corrected chi connectivity index (χ3v) is 8.02. The van der Waals surface area contributed by atoms with Crippen molar-refractivity contribution in [3.8, 4) is 5.75 Å². The van der Waals surface area contributed by atoms with Gasteiger partial charge in [0.25, 0.3) is 0 Å². The van der Waals surface area contributed by atoms with Gasteiger partial charge in [-0.25, -0.2) is 9.67 Å². The summed E-state index contributed by atoms with van der Waals surface area (Å²) in [6.45, 7) is 7.90. The molecule has 0 spiro atoms. The fourth-order valence-corrected chi connectivity index (χ4v) is 4.99. The molecule has 1 aromatic carbocycles. The lowest BCUT2D eigenvalue weighted by Crippen LogP contribution is -2.22. The number of nitrogens with zero attached hydrogens (tertiary/aromatic N) is 3. The van der Waals surface area contributed by atoms with E-state index < -0.39 is 8.07 Å². The standard InChI is InChI=1S/C19H22Cl3N3O2SSi/c1-26-13-10-15(21)23-18-16(13)19(28-14-7-5-6-12(20)17(14)22)24-25(18)11-27-8-9-29(2,3)4/h5-7,10H,8-9,11H2,1-4H3. The summed E-state index contributed by atoms with van der Waals surface area (Å²) in [6.07, 6.45) is 0. The van der Waals surface area contributed by atoms with Gasteiger partial charge in [0.15, 0.2) is 5.65 Å². The highest BCUT2D eigenvalue weighted by atomic mass is 35.5. The Morgan fingerprint density at radius 3 is 2.62 bits per heavy atom. The quantitative estimate of drug-likeness (QED) is 0.196. The summed E-state index contributed by atoms with van der Waals surface area (Å²) in [5, 5.41) is 7.45. The molecule has 0 aliphatic heterocycles. The fourth-order valence-electron chi connectivity index (χ4n) is 2.59. The van der Waals surface area contributed by atoms with Crippen LogP contribution in [0.15, 0.2) is 34.2 Å². The number of halogens is 3. The zero-order valence-electron chi connectivity index (χ0n) is 16.6. The van der Waals surface area contributed by atoms with E-state index in [9.17, 15) is 0 Å². The van der Waals surface area contributed by atoms with Crippen molar-refractivity contribution in [1.82, 2.24) is 14.8 Å². The number of hydrogen-bond acceptors (Lipinski definition) is 5. The zero-order valence-corrected chi connectivity index (χ0v) is 20.7. The van der Waals surface area contributed by atoms with Crippen LogP contribution < -0.4 is 4.74 Å². The minimum absolute atomic E-state index is 0.279. The van der Waals surface area contributed by atoms with Gasteiger partial charge in [0.1, 0.15) is 22.7 Å². The minimum atomic E-state index is -1.17. The molecule has 0 unspecified atom stereocenters. The molecule has 0 atom stereocenters. The summed E-state index contributed by atoms with van der Waals surface area (Å²) in [4.78, 5) is 5.25. The van der Waals surface area contributed by atoms with Gasteiger partial charge in [-0.3, -0.25) is 0 Å². The first kappa shape index (κ1) is 22.7. The number of methoxy groups -OCH3 is 1. The van der Waals surface area contributed by atoms with E-state index in [4.69, 9.17) is 49.4 Å². The van der Waals surface area contributed by atoms with Crippen molar-refractivity contribution in [3.05, 3.63) is 39.5 Å². The van der Waals surface area contributed by atoms with E-state index in [2.05, 4.69) is 24.6 Å². The monoisotopic (exact) mass is 489 g/mol. The molecule has 156 valence electrons. The Morgan fingerprint density at radius 2 is 1.93 bits per heavy atom. The number of hydrogen-bond donors (Lipinski definition) is 0. The molecule has 2 heterocycles. The molecule has 2 aromatic heterocycles. The Kier molecular flexibility index (Phi) is 7.40. The Balaban J connectivity index is 1.97. The van der Waals surface area contributed by atoms with Gasteiger partial charge >= 0.3 is 0 Å². The summed E-state index contributed by atoms with van der Waals surface area (Å²) in [5.74, 6) is 0.592. The molecular formula is C19H22Cl3N3O2SSi. The highest BCUT2D eigenvalue weighted by molar-refractivity contribution is 7.99. The predicted molar refractivity (Wildman–Crippen MR) is 124 cm³/mol. The van der Waals surface area contributed by atoms with Gasteiger partial charge in [-0.15, -0.1) is 0 Å². The van der Waals surface area contributed by atoms with E-state index in [-0.39, 0.29) is 6.73 Å². The van der Waals surface area contributed by atoms with Crippen LogP contribution in [0.4, 0.5) is 0 Å². The third kappa shape index (κ3) is 5.60. The molecule has 0 fully saturated rings. The molecule has 0 aliphatic rings. The van der Waals surface area contributed by atoms with Crippen LogP contribution in [0, 0.1) is 0 Å². The van der Waals surface area contributed by atoms with Gasteiger partial charge in [0, 0.05) is 25.6 Å². The van der Waals surface area contributed by atoms with Gasteiger partial charge in [0.2, 0.25) is 0 Å². The number of rotatable bonds is 8. The van der Waals surface area contributed by atoms with E-state index >= 15 is 0 Å². The molecule has 0 saturated carbocycles. The van der Waals surface area contributed by atoms with Crippen molar-refractivity contribution in [1.29, 1.82) is 0 Å². The Morgan fingerprint density at radius 1 is 1.17 bits per heavy atom. The molecule has 0 saturated heterocycles. The van der Waals surface area contributed by atoms with Crippen molar-refractivity contribution in [2.45, 2.75) is 42.3 Å². The van der Waals surface area contributed by atoms with Crippen LogP contribution in [0.5, 0.6) is 5.75 Å². The smallest absolute Gasteiger partial charge is 0.166 e. The SMILES string of the molecule is COc1cc(Cl)nc2c1c(Sc1cccc(Cl)c1Cl)nn2COCC[Si](C)(C)C.